The van der Waals surface area contributed by atoms with Crippen LogP contribution in [-0.2, 0) is 20.9 Å². The van der Waals surface area contributed by atoms with Crippen molar-refractivity contribution in [3.8, 4) is 0 Å². The highest BCUT2D eigenvalue weighted by atomic mass is 16.5. The van der Waals surface area contributed by atoms with E-state index in [2.05, 4.69) is 25.7 Å². The Morgan fingerprint density at radius 3 is 2.72 bits per heavy atom. The number of ether oxygens (including phenoxy) is 1. The third-order valence-corrected chi connectivity index (χ3v) is 5.33. The Balaban J connectivity index is 1.52. The van der Waals surface area contributed by atoms with Crippen molar-refractivity contribution in [2.24, 2.45) is 0 Å². The fourth-order valence-electron chi connectivity index (χ4n) is 3.88. The number of nitrogens with one attached hydrogen (secondary N) is 1. The molecule has 2 atom stereocenters. The molecule has 2 aromatic rings. The lowest BCUT2D eigenvalue weighted by Crippen LogP contribution is -2.42. The number of tetrazole rings is 1. The Labute approximate surface area is 168 Å². The molecule has 2 amide bonds. The van der Waals surface area contributed by atoms with Crippen LogP contribution in [0.1, 0.15) is 23.9 Å². The zero-order valence-electron chi connectivity index (χ0n) is 16.4. The number of amides is 2. The number of likely N-dealkylation sites (tertiary alicyclic amines) is 1. The van der Waals surface area contributed by atoms with E-state index < -0.39 is 0 Å². The summed E-state index contributed by atoms with van der Waals surface area (Å²) in [4.78, 5) is 28.1. The van der Waals surface area contributed by atoms with E-state index in [9.17, 15) is 9.59 Å². The van der Waals surface area contributed by atoms with Crippen LogP contribution in [0, 0.1) is 0 Å². The van der Waals surface area contributed by atoms with Crippen molar-refractivity contribution in [3.05, 3.63) is 41.7 Å². The van der Waals surface area contributed by atoms with Gasteiger partial charge in [0.25, 0.3) is 0 Å². The second-order valence-electron chi connectivity index (χ2n) is 7.40. The van der Waals surface area contributed by atoms with Crippen LogP contribution in [0.15, 0.2) is 30.3 Å². The molecular weight excluding hydrogens is 374 g/mol. The summed E-state index contributed by atoms with van der Waals surface area (Å²) in [5.74, 6) is 0.447. The lowest BCUT2D eigenvalue weighted by molar-refractivity contribution is -0.126. The second kappa shape index (κ2) is 8.66. The molecule has 2 aliphatic rings. The number of likely N-dealkylation sites (N-methyl/N-ethyl adjacent to an activating group) is 1. The zero-order chi connectivity index (χ0) is 20.2. The van der Waals surface area contributed by atoms with Gasteiger partial charge in [-0.3, -0.25) is 14.5 Å². The van der Waals surface area contributed by atoms with E-state index >= 15 is 0 Å². The van der Waals surface area contributed by atoms with Gasteiger partial charge in [0, 0.05) is 33.1 Å². The lowest BCUT2D eigenvalue weighted by atomic mass is 10.0. The van der Waals surface area contributed by atoms with Crippen molar-refractivity contribution in [3.63, 3.8) is 0 Å². The minimum absolute atomic E-state index is 0.00438. The van der Waals surface area contributed by atoms with E-state index in [1.54, 1.807) is 16.6 Å². The molecule has 0 bridgehead atoms. The predicted molar refractivity (Wildman–Crippen MR) is 103 cm³/mol. The third-order valence-electron chi connectivity index (χ3n) is 5.33. The topological polar surface area (TPSA) is 105 Å². The molecule has 1 aromatic heterocycles. The maximum Gasteiger partial charge on any atom is 0.242 e. The van der Waals surface area contributed by atoms with Gasteiger partial charge in [0.15, 0.2) is 5.82 Å². The SMILES string of the molecule is CN1C[C@H](NC(=O)Cn2nnnc2[C@H](c2ccccc2)N2CCOCC2)CC1=O. The van der Waals surface area contributed by atoms with Gasteiger partial charge >= 0.3 is 0 Å². The Morgan fingerprint density at radius 1 is 1.28 bits per heavy atom. The van der Waals surface area contributed by atoms with Crippen LogP contribution in [0.5, 0.6) is 0 Å². The van der Waals surface area contributed by atoms with E-state index in [0.29, 0.717) is 32.0 Å². The molecule has 2 aliphatic heterocycles. The number of carbonyl (C=O) groups excluding carboxylic acids is 2. The summed E-state index contributed by atoms with van der Waals surface area (Å²) in [5.41, 5.74) is 1.06. The summed E-state index contributed by atoms with van der Waals surface area (Å²) in [6, 6.07) is 9.68. The molecule has 29 heavy (non-hydrogen) atoms. The van der Waals surface area contributed by atoms with Crippen LogP contribution in [0.4, 0.5) is 0 Å². The van der Waals surface area contributed by atoms with E-state index in [1.807, 2.05) is 30.3 Å². The average Bonchev–Trinajstić information content (AvgIpc) is 3.29. The number of nitrogens with zero attached hydrogens (tertiary/aromatic N) is 6. The summed E-state index contributed by atoms with van der Waals surface area (Å²) in [7, 11) is 1.74. The van der Waals surface area contributed by atoms with Gasteiger partial charge in [0.1, 0.15) is 6.54 Å². The Hall–Kier alpha value is -2.85. The fourth-order valence-corrected chi connectivity index (χ4v) is 3.88. The molecule has 154 valence electrons. The normalized spacial score (nSPS) is 21.3. The quantitative estimate of drug-likeness (QED) is 0.694. The number of carbonyl (C=O) groups is 2. The third kappa shape index (κ3) is 4.43. The van der Waals surface area contributed by atoms with Crippen molar-refractivity contribution in [1.29, 1.82) is 0 Å². The molecule has 1 aromatic carbocycles. The van der Waals surface area contributed by atoms with Crippen LogP contribution < -0.4 is 5.32 Å². The molecule has 4 rings (SSSR count). The first-order valence-electron chi connectivity index (χ1n) is 9.78. The molecule has 0 unspecified atom stereocenters. The molecular formula is C19H25N7O3. The van der Waals surface area contributed by atoms with E-state index in [0.717, 1.165) is 18.7 Å². The number of aromatic nitrogens is 4. The largest absolute Gasteiger partial charge is 0.379 e. The first-order chi connectivity index (χ1) is 14.1. The number of hydrogen-bond acceptors (Lipinski definition) is 7. The fraction of sp³-hybridized carbons (Fsp3) is 0.526. The Morgan fingerprint density at radius 2 is 2.03 bits per heavy atom. The highest BCUT2D eigenvalue weighted by molar-refractivity contribution is 5.81. The van der Waals surface area contributed by atoms with Gasteiger partial charge in [-0.2, -0.15) is 0 Å². The van der Waals surface area contributed by atoms with Crippen LogP contribution in [0.2, 0.25) is 0 Å². The van der Waals surface area contributed by atoms with Gasteiger partial charge in [0.2, 0.25) is 11.8 Å². The molecule has 2 fully saturated rings. The maximum absolute atomic E-state index is 12.6. The van der Waals surface area contributed by atoms with Crippen LogP contribution in [0.25, 0.3) is 0 Å². The standard InChI is InChI=1S/C19H25N7O3/c1-24-12-15(11-17(24)28)20-16(27)13-26-19(21-22-23-26)18(14-5-3-2-4-6-14)25-7-9-29-10-8-25/h2-6,15,18H,7-13H2,1H3,(H,20,27)/t15-,18+/m1/s1. The van der Waals surface area contributed by atoms with Gasteiger partial charge in [0.05, 0.1) is 25.3 Å². The first-order valence-corrected chi connectivity index (χ1v) is 9.78. The van der Waals surface area contributed by atoms with E-state index in [1.165, 1.54) is 0 Å². The summed E-state index contributed by atoms with van der Waals surface area (Å²) >= 11 is 0. The highest BCUT2D eigenvalue weighted by Crippen LogP contribution is 2.27. The molecule has 10 heteroatoms. The molecule has 10 nitrogen and oxygen atoms in total. The van der Waals surface area contributed by atoms with Crippen LogP contribution in [0.3, 0.4) is 0 Å². The van der Waals surface area contributed by atoms with Gasteiger partial charge < -0.3 is 15.0 Å². The number of morpholine rings is 1. The average molecular weight is 399 g/mol. The summed E-state index contributed by atoms with van der Waals surface area (Å²) in [5, 5.41) is 15.1. The van der Waals surface area contributed by atoms with Crippen molar-refractivity contribution >= 4 is 11.8 Å². The summed E-state index contributed by atoms with van der Waals surface area (Å²) in [6.07, 6.45) is 0.325. The van der Waals surface area contributed by atoms with Gasteiger partial charge in [-0.15, -0.1) is 5.10 Å². The molecule has 0 saturated carbocycles. The molecule has 2 saturated heterocycles. The van der Waals surface area contributed by atoms with Crippen molar-refractivity contribution in [2.75, 3.05) is 39.9 Å². The molecule has 0 aliphatic carbocycles. The minimum atomic E-state index is -0.208. The predicted octanol–water partition coefficient (Wildman–Crippen LogP) is -0.558. The van der Waals surface area contributed by atoms with Crippen LogP contribution >= 0.6 is 0 Å². The van der Waals surface area contributed by atoms with E-state index in [-0.39, 0.29) is 30.4 Å². The minimum Gasteiger partial charge on any atom is -0.379 e. The molecule has 0 radical (unpaired) electrons. The van der Waals surface area contributed by atoms with Crippen LogP contribution in [-0.4, -0.2) is 87.8 Å². The number of benzene rings is 1. The van der Waals surface area contributed by atoms with Crippen molar-refractivity contribution < 1.29 is 14.3 Å². The van der Waals surface area contributed by atoms with Crippen molar-refractivity contribution in [2.45, 2.75) is 25.0 Å². The molecule has 1 N–H and O–H groups in total. The molecule has 0 spiro atoms. The second-order valence-corrected chi connectivity index (χ2v) is 7.40. The summed E-state index contributed by atoms with van der Waals surface area (Å²) < 4.78 is 7.04. The van der Waals surface area contributed by atoms with Crippen molar-refractivity contribution in [1.82, 2.24) is 35.3 Å². The molecule has 3 heterocycles. The Bertz CT molecular complexity index is 850. The summed E-state index contributed by atoms with van der Waals surface area (Å²) in [6.45, 7) is 3.34. The first kappa shape index (κ1) is 19.5. The number of hydrogen-bond donors (Lipinski definition) is 1. The van der Waals surface area contributed by atoms with Gasteiger partial charge in [-0.05, 0) is 16.0 Å². The maximum atomic E-state index is 12.6. The zero-order valence-corrected chi connectivity index (χ0v) is 16.4. The lowest BCUT2D eigenvalue weighted by Gasteiger charge is -2.33. The van der Waals surface area contributed by atoms with Gasteiger partial charge in [-0.1, -0.05) is 30.3 Å². The Kier molecular flexibility index (Phi) is 5.81. The van der Waals surface area contributed by atoms with Gasteiger partial charge in [-0.25, -0.2) is 4.68 Å². The number of rotatable bonds is 6. The smallest absolute Gasteiger partial charge is 0.242 e. The monoisotopic (exact) mass is 399 g/mol. The highest BCUT2D eigenvalue weighted by Gasteiger charge is 2.31. The van der Waals surface area contributed by atoms with E-state index in [4.69, 9.17) is 4.74 Å².